The molecule has 0 radical (unpaired) electrons. The van der Waals surface area contributed by atoms with E-state index in [4.69, 9.17) is 4.18 Å². The van der Waals surface area contributed by atoms with Crippen molar-refractivity contribution in [3.63, 3.8) is 0 Å². The quantitative estimate of drug-likeness (QED) is 0.659. The Labute approximate surface area is 76.9 Å². The van der Waals surface area contributed by atoms with Gasteiger partial charge in [0, 0.05) is 6.04 Å². The van der Waals surface area contributed by atoms with E-state index < -0.39 is 11.3 Å². The van der Waals surface area contributed by atoms with Gasteiger partial charge in [0.05, 0.1) is 12.6 Å². The third kappa shape index (κ3) is 1.87. The minimum atomic E-state index is -1.21. The lowest BCUT2D eigenvalue weighted by atomic mass is 10.0. The van der Waals surface area contributed by atoms with Crippen molar-refractivity contribution in [1.82, 2.24) is 4.31 Å². The van der Waals surface area contributed by atoms with E-state index in [1.807, 2.05) is 18.2 Å². The third-order valence-electron chi connectivity index (χ3n) is 2.12. The second-order valence-electron chi connectivity index (χ2n) is 3.77. The first-order chi connectivity index (χ1) is 5.54. The van der Waals surface area contributed by atoms with E-state index in [-0.39, 0.29) is 0 Å². The Hall–Kier alpha value is 0.0700. The minimum absolute atomic E-state index is 0.292. The molecule has 1 saturated heterocycles. The maximum absolute atomic E-state index is 11.3. The van der Waals surface area contributed by atoms with Gasteiger partial charge in [0.2, 0.25) is 11.3 Å². The highest BCUT2D eigenvalue weighted by atomic mass is 32.2. The van der Waals surface area contributed by atoms with Gasteiger partial charge >= 0.3 is 0 Å². The highest BCUT2D eigenvalue weighted by Gasteiger charge is 2.36. The molecule has 0 aliphatic carbocycles. The van der Waals surface area contributed by atoms with Crippen LogP contribution in [-0.4, -0.2) is 27.2 Å². The predicted molar refractivity (Wildman–Crippen MR) is 49.7 cm³/mol. The van der Waals surface area contributed by atoms with Gasteiger partial charge < -0.3 is 0 Å². The van der Waals surface area contributed by atoms with Gasteiger partial charge in [0.15, 0.2) is 0 Å². The standard InChI is InChI=1S/C8H17NO2S/c1-6(2)8-5-11-12(10)9(8)7(3)4/h6-8H,5H2,1-4H3/t8-,12?/m1/s1. The lowest BCUT2D eigenvalue weighted by Crippen LogP contribution is -2.40. The van der Waals surface area contributed by atoms with E-state index in [1.165, 1.54) is 0 Å². The molecule has 1 heterocycles. The Morgan fingerprint density at radius 3 is 2.33 bits per heavy atom. The Balaban J connectivity index is 2.70. The van der Waals surface area contributed by atoms with E-state index in [0.29, 0.717) is 24.6 Å². The SMILES string of the molecule is CC(C)[C@H]1COS(=O)N1C(C)C. The molecular formula is C8H17NO2S. The van der Waals surface area contributed by atoms with Gasteiger partial charge in [0.1, 0.15) is 0 Å². The molecule has 0 aromatic heterocycles. The topological polar surface area (TPSA) is 29.5 Å². The summed E-state index contributed by atoms with van der Waals surface area (Å²) in [7, 11) is 0. The minimum Gasteiger partial charge on any atom is -0.276 e. The van der Waals surface area contributed by atoms with Gasteiger partial charge in [-0.25, -0.2) is 4.21 Å². The van der Waals surface area contributed by atoms with Crippen LogP contribution in [0.25, 0.3) is 0 Å². The molecule has 0 amide bonds. The van der Waals surface area contributed by atoms with Crippen LogP contribution in [0.15, 0.2) is 0 Å². The van der Waals surface area contributed by atoms with Gasteiger partial charge in [-0.05, 0) is 19.8 Å². The first-order valence-electron chi connectivity index (χ1n) is 4.37. The lowest BCUT2D eigenvalue weighted by Gasteiger charge is -2.26. The molecule has 72 valence electrons. The molecule has 12 heavy (non-hydrogen) atoms. The van der Waals surface area contributed by atoms with E-state index in [9.17, 15) is 4.21 Å². The molecule has 1 rings (SSSR count). The fourth-order valence-electron chi connectivity index (χ4n) is 1.41. The van der Waals surface area contributed by atoms with Crippen molar-refractivity contribution in [2.24, 2.45) is 5.92 Å². The molecule has 3 nitrogen and oxygen atoms in total. The van der Waals surface area contributed by atoms with Crippen LogP contribution >= 0.6 is 0 Å². The van der Waals surface area contributed by atoms with Gasteiger partial charge in [-0.15, -0.1) is 0 Å². The third-order valence-corrected chi connectivity index (χ3v) is 3.49. The first kappa shape index (κ1) is 10.2. The molecule has 1 fully saturated rings. The summed E-state index contributed by atoms with van der Waals surface area (Å²) in [6.07, 6.45) is 0. The van der Waals surface area contributed by atoms with Gasteiger partial charge in [-0.3, -0.25) is 4.18 Å². The van der Waals surface area contributed by atoms with Crippen LogP contribution in [0.5, 0.6) is 0 Å². The molecule has 1 aliphatic heterocycles. The molecule has 1 unspecified atom stereocenters. The molecule has 0 bridgehead atoms. The van der Waals surface area contributed by atoms with E-state index in [0.717, 1.165) is 0 Å². The van der Waals surface area contributed by atoms with Crippen LogP contribution < -0.4 is 0 Å². The smallest absolute Gasteiger partial charge is 0.237 e. The zero-order valence-electron chi connectivity index (χ0n) is 8.11. The molecule has 0 saturated carbocycles. The predicted octanol–water partition coefficient (Wildman–Crippen LogP) is 1.33. The van der Waals surface area contributed by atoms with Crippen LogP contribution in [-0.2, 0) is 15.4 Å². The summed E-state index contributed by atoms with van der Waals surface area (Å²) in [6.45, 7) is 8.95. The largest absolute Gasteiger partial charge is 0.276 e. The van der Waals surface area contributed by atoms with Crippen LogP contribution in [0.1, 0.15) is 27.7 Å². The van der Waals surface area contributed by atoms with Crippen LogP contribution in [0.3, 0.4) is 0 Å². The second-order valence-corrected chi connectivity index (χ2v) is 4.86. The Morgan fingerprint density at radius 2 is 2.00 bits per heavy atom. The van der Waals surface area contributed by atoms with Crippen LogP contribution in [0.2, 0.25) is 0 Å². The van der Waals surface area contributed by atoms with Gasteiger partial charge in [-0.2, -0.15) is 4.31 Å². The maximum Gasteiger partial charge on any atom is 0.237 e. The highest BCUT2D eigenvalue weighted by molar-refractivity contribution is 7.78. The van der Waals surface area contributed by atoms with E-state index >= 15 is 0 Å². The van der Waals surface area contributed by atoms with Crippen molar-refractivity contribution in [3.05, 3.63) is 0 Å². The van der Waals surface area contributed by atoms with Gasteiger partial charge in [0.25, 0.3) is 0 Å². The first-order valence-corrected chi connectivity index (χ1v) is 5.40. The van der Waals surface area contributed by atoms with Gasteiger partial charge in [-0.1, -0.05) is 13.8 Å². The van der Waals surface area contributed by atoms with E-state index in [1.54, 1.807) is 0 Å². The monoisotopic (exact) mass is 191 g/mol. The van der Waals surface area contributed by atoms with Crippen molar-refractivity contribution in [1.29, 1.82) is 0 Å². The summed E-state index contributed by atoms with van der Waals surface area (Å²) in [5, 5.41) is 0. The molecule has 1 aliphatic rings. The summed E-state index contributed by atoms with van der Waals surface area (Å²) in [6, 6.07) is 0.603. The molecule has 4 heteroatoms. The van der Waals surface area contributed by atoms with Crippen molar-refractivity contribution >= 4 is 11.3 Å². The molecular weight excluding hydrogens is 174 g/mol. The second kappa shape index (κ2) is 3.85. The van der Waals surface area contributed by atoms with Crippen molar-refractivity contribution in [3.8, 4) is 0 Å². The van der Waals surface area contributed by atoms with Crippen molar-refractivity contribution < 1.29 is 8.39 Å². The Morgan fingerprint density at radius 1 is 1.42 bits per heavy atom. The molecule has 0 aromatic rings. The zero-order chi connectivity index (χ0) is 9.30. The summed E-state index contributed by atoms with van der Waals surface area (Å²) in [5.41, 5.74) is 0. The highest BCUT2D eigenvalue weighted by Crippen LogP contribution is 2.23. The zero-order valence-corrected chi connectivity index (χ0v) is 8.93. The van der Waals surface area contributed by atoms with Crippen LogP contribution in [0.4, 0.5) is 0 Å². The Bertz CT molecular complexity index is 182. The summed E-state index contributed by atoms with van der Waals surface area (Å²) >= 11 is -1.21. The fraction of sp³-hybridized carbons (Fsp3) is 1.00. The maximum atomic E-state index is 11.3. The van der Waals surface area contributed by atoms with E-state index in [2.05, 4.69) is 13.8 Å². The fourth-order valence-corrected chi connectivity index (χ4v) is 2.66. The Kier molecular flexibility index (Phi) is 3.26. The summed E-state index contributed by atoms with van der Waals surface area (Å²) in [4.78, 5) is 0. The molecule has 0 aromatic carbocycles. The average Bonchev–Trinajstić information content (AvgIpc) is 2.30. The molecule has 0 N–H and O–H groups in total. The molecule has 2 atom stereocenters. The molecule has 0 spiro atoms. The normalized spacial score (nSPS) is 32.2. The van der Waals surface area contributed by atoms with Crippen molar-refractivity contribution in [2.75, 3.05) is 6.61 Å². The van der Waals surface area contributed by atoms with Crippen LogP contribution in [0, 0.1) is 5.92 Å². The number of nitrogens with zero attached hydrogens (tertiary/aromatic N) is 1. The average molecular weight is 191 g/mol. The summed E-state index contributed by atoms with van der Waals surface area (Å²) < 4.78 is 18.4. The lowest BCUT2D eigenvalue weighted by molar-refractivity contribution is 0.229. The van der Waals surface area contributed by atoms with Crippen molar-refractivity contribution in [2.45, 2.75) is 39.8 Å². The number of hydrogen-bond acceptors (Lipinski definition) is 2. The number of hydrogen-bond donors (Lipinski definition) is 0. The summed E-state index contributed by atoms with van der Waals surface area (Å²) in [5.74, 6) is 0.499. The number of rotatable bonds is 2.